The third-order valence-electron chi connectivity index (χ3n) is 3.71. The fourth-order valence-electron chi connectivity index (χ4n) is 2.63. The van der Waals surface area contributed by atoms with Crippen molar-refractivity contribution >= 4 is 5.82 Å². The molecule has 3 nitrogen and oxygen atoms in total. The first-order chi connectivity index (χ1) is 9.28. The number of benzene rings is 1. The molecule has 0 saturated heterocycles. The Morgan fingerprint density at radius 1 is 1.11 bits per heavy atom. The average molecular weight is 253 g/mol. The lowest BCUT2D eigenvalue weighted by atomic mass is 10.1. The standard InChI is InChI=1S/C16H19N3/c1-12-13(9-17-2)7-8-16(18-12)19-10-14-5-3-4-6-15(14)11-19/h3-8,17H,9-11H2,1-2H3. The molecule has 0 aliphatic carbocycles. The van der Waals surface area contributed by atoms with Crippen LogP contribution in [0.1, 0.15) is 22.4 Å². The number of rotatable bonds is 3. The molecule has 98 valence electrons. The Labute approximate surface area is 114 Å². The summed E-state index contributed by atoms with van der Waals surface area (Å²) in [4.78, 5) is 7.08. The van der Waals surface area contributed by atoms with Crippen LogP contribution in [0.5, 0.6) is 0 Å². The van der Waals surface area contributed by atoms with Gasteiger partial charge in [-0.25, -0.2) is 4.98 Å². The van der Waals surface area contributed by atoms with Crippen molar-refractivity contribution in [2.45, 2.75) is 26.6 Å². The van der Waals surface area contributed by atoms with Crippen molar-refractivity contribution in [3.8, 4) is 0 Å². The molecule has 0 unspecified atom stereocenters. The Balaban J connectivity index is 1.83. The minimum Gasteiger partial charge on any atom is -0.348 e. The SMILES string of the molecule is CNCc1ccc(N2Cc3ccccc3C2)nc1C. The van der Waals surface area contributed by atoms with Gasteiger partial charge in [-0.15, -0.1) is 0 Å². The molecule has 0 atom stereocenters. The lowest BCUT2D eigenvalue weighted by Gasteiger charge is -2.18. The summed E-state index contributed by atoms with van der Waals surface area (Å²) in [6, 6.07) is 12.9. The Kier molecular flexibility index (Phi) is 3.22. The van der Waals surface area contributed by atoms with E-state index in [0.717, 1.165) is 31.1 Å². The predicted molar refractivity (Wildman–Crippen MR) is 78.1 cm³/mol. The Morgan fingerprint density at radius 2 is 1.79 bits per heavy atom. The van der Waals surface area contributed by atoms with Crippen molar-refractivity contribution in [3.63, 3.8) is 0 Å². The van der Waals surface area contributed by atoms with Crippen molar-refractivity contribution in [2.75, 3.05) is 11.9 Å². The van der Waals surface area contributed by atoms with Crippen LogP contribution in [0.25, 0.3) is 0 Å². The van der Waals surface area contributed by atoms with Crippen LogP contribution in [0.3, 0.4) is 0 Å². The van der Waals surface area contributed by atoms with Crippen LogP contribution in [-0.2, 0) is 19.6 Å². The van der Waals surface area contributed by atoms with Gasteiger partial charge in [0.15, 0.2) is 0 Å². The number of aryl methyl sites for hydroxylation is 1. The maximum Gasteiger partial charge on any atom is 0.129 e. The third kappa shape index (κ3) is 2.34. The highest BCUT2D eigenvalue weighted by atomic mass is 15.2. The average Bonchev–Trinajstić information content (AvgIpc) is 2.85. The molecule has 19 heavy (non-hydrogen) atoms. The van der Waals surface area contributed by atoms with E-state index >= 15 is 0 Å². The molecule has 3 rings (SSSR count). The van der Waals surface area contributed by atoms with E-state index in [2.05, 4.69) is 53.5 Å². The van der Waals surface area contributed by atoms with Gasteiger partial charge in [-0.2, -0.15) is 0 Å². The molecular formula is C16H19N3. The highest BCUT2D eigenvalue weighted by molar-refractivity contribution is 5.48. The van der Waals surface area contributed by atoms with Gasteiger partial charge in [0.25, 0.3) is 0 Å². The van der Waals surface area contributed by atoms with Crippen LogP contribution >= 0.6 is 0 Å². The summed E-state index contributed by atoms with van der Waals surface area (Å²) >= 11 is 0. The number of anilines is 1. The van der Waals surface area contributed by atoms with Gasteiger partial charge in [0.1, 0.15) is 5.82 Å². The lowest BCUT2D eigenvalue weighted by Crippen LogP contribution is -2.17. The van der Waals surface area contributed by atoms with Crippen LogP contribution < -0.4 is 10.2 Å². The predicted octanol–water partition coefficient (Wildman–Crippen LogP) is 2.63. The summed E-state index contributed by atoms with van der Waals surface area (Å²) in [5.74, 6) is 1.08. The van der Waals surface area contributed by atoms with Crippen LogP contribution in [0.15, 0.2) is 36.4 Å². The van der Waals surface area contributed by atoms with Crippen LogP contribution in [0.4, 0.5) is 5.82 Å². The quantitative estimate of drug-likeness (QED) is 0.911. The zero-order chi connectivity index (χ0) is 13.2. The first-order valence-corrected chi connectivity index (χ1v) is 6.71. The Bertz CT molecular complexity index is 567. The molecule has 0 radical (unpaired) electrons. The minimum absolute atomic E-state index is 0.874. The van der Waals surface area contributed by atoms with Gasteiger partial charge >= 0.3 is 0 Å². The Morgan fingerprint density at radius 3 is 2.37 bits per heavy atom. The molecule has 0 saturated carbocycles. The smallest absolute Gasteiger partial charge is 0.129 e. The first kappa shape index (κ1) is 12.2. The molecule has 3 heteroatoms. The number of aromatic nitrogens is 1. The normalized spacial score (nSPS) is 13.7. The van der Waals surface area contributed by atoms with Gasteiger partial charge in [-0.3, -0.25) is 0 Å². The zero-order valence-corrected chi connectivity index (χ0v) is 11.5. The van der Waals surface area contributed by atoms with Crippen molar-refractivity contribution in [1.82, 2.24) is 10.3 Å². The van der Waals surface area contributed by atoms with Crippen LogP contribution in [-0.4, -0.2) is 12.0 Å². The number of hydrogen-bond donors (Lipinski definition) is 1. The zero-order valence-electron chi connectivity index (χ0n) is 11.5. The molecule has 1 aromatic carbocycles. The molecule has 1 N–H and O–H groups in total. The fraction of sp³-hybridized carbons (Fsp3) is 0.312. The number of nitrogens with zero attached hydrogens (tertiary/aromatic N) is 2. The second-order valence-corrected chi connectivity index (χ2v) is 5.07. The van der Waals surface area contributed by atoms with Gasteiger partial charge in [0.2, 0.25) is 0 Å². The lowest BCUT2D eigenvalue weighted by molar-refractivity contribution is 0.796. The van der Waals surface area contributed by atoms with E-state index in [1.807, 2.05) is 7.05 Å². The second kappa shape index (κ2) is 5.02. The molecule has 0 bridgehead atoms. The number of hydrogen-bond acceptors (Lipinski definition) is 3. The highest BCUT2D eigenvalue weighted by Crippen LogP contribution is 2.27. The van der Waals surface area contributed by atoms with Crippen LogP contribution in [0, 0.1) is 6.92 Å². The van der Waals surface area contributed by atoms with Crippen molar-refractivity contribution < 1.29 is 0 Å². The number of fused-ring (bicyclic) bond motifs is 1. The second-order valence-electron chi connectivity index (χ2n) is 5.07. The van der Waals surface area contributed by atoms with Gasteiger partial charge < -0.3 is 10.2 Å². The summed E-state index contributed by atoms with van der Waals surface area (Å²) in [6.45, 7) is 4.89. The summed E-state index contributed by atoms with van der Waals surface area (Å²) in [5.41, 5.74) is 5.22. The summed E-state index contributed by atoms with van der Waals surface area (Å²) in [7, 11) is 1.96. The molecular weight excluding hydrogens is 234 g/mol. The van der Waals surface area contributed by atoms with Crippen molar-refractivity contribution in [1.29, 1.82) is 0 Å². The van der Waals surface area contributed by atoms with Gasteiger partial charge in [0.05, 0.1) is 0 Å². The van der Waals surface area contributed by atoms with Gasteiger partial charge in [0, 0.05) is 25.3 Å². The molecule has 2 heterocycles. The molecule has 0 spiro atoms. The molecule has 1 aliphatic heterocycles. The summed E-state index contributed by atoms with van der Waals surface area (Å²) in [5, 5.41) is 3.17. The summed E-state index contributed by atoms with van der Waals surface area (Å²) < 4.78 is 0. The Hall–Kier alpha value is -1.87. The largest absolute Gasteiger partial charge is 0.348 e. The topological polar surface area (TPSA) is 28.2 Å². The maximum atomic E-state index is 4.74. The first-order valence-electron chi connectivity index (χ1n) is 6.71. The van der Waals surface area contributed by atoms with E-state index < -0.39 is 0 Å². The minimum atomic E-state index is 0.874. The van der Waals surface area contributed by atoms with E-state index in [0.29, 0.717) is 0 Å². The van der Waals surface area contributed by atoms with E-state index in [1.54, 1.807) is 0 Å². The summed E-state index contributed by atoms with van der Waals surface area (Å²) in [6.07, 6.45) is 0. The van der Waals surface area contributed by atoms with E-state index in [4.69, 9.17) is 4.98 Å². The maximum absolute atomic E-state index is 4.74. The highest BCUT2D eigenvalue weighted by Gasteiger charge is 2.19. The van der Waals surface area contributed by atoms with Crippen LogP contribution in [0.2, 0.25) is 0 Å². The van der Waals surface area contributed by atoms with E-state index in [-0.39, 0.29) is 0 Å². The monoisotopic (exact) mass is 253 g/mol. The molecule has 1 aliphatic rings. The third-order valence-corrected chi connectivity index (χ3v) is 3.71. The van der Waals surface area contributed by atoms with Crippen molar-refractivity contribution in [3.05, 3.63) is 58.8 Å². The molecule has 1 aromatic heterocycles. The van der Waals surface area contributed by atoms with E-state index in [9.17, 15) is 0 Å². The van der Waals surface area contributed by atoms with Gasteiger partial charge in [-0.05, 0) is 36.7 Å². The van der Waals surface area contributed by atoms with E-state index in [1.165, 1.54) is 16.7 Å². The van der Waals surface area contributed by atoms with Gasteiger partial charge in [-0.1, -0.05) is 30.3 Å². The molecule has 2 aromatic rings. The number of pyridine rings is 1. The van der Waals surface area contributed by atoms with Crippen molar-refractivity contribution in [2.24, 2.45) is 0 Å². The fourth-order valence-corrected chi connectivity index (χ4v) is 2.63. The number of nitrogens with one attached hydrogen (secondary N) is 1. The molecule has 0 amide bonds. The molecule has 0 fully saturated rings.